The van der Waals surface area contributed by atoms with Gasteiger partial charge in [0.25, 0.3) is 0 Å². The molecule has 0 aromatic heterocycles. The van der Waals surface area contributed by atoms with Crippen molar-refractivity contribution < 1.29 is 9.90 Å². The maximum atomic E-state index is 11.7. The minimum atomic E-state index is -1.35. The van der Waals surface area contributed by atoms with Gasteiger partial charge < -0.3 is 5.11 Å². The molecule has 2 aliphatic heterocycles. The molecule has 1 amide bonds. The fraction of sp³-hybridized carbons (Fsp3) is 0.304. The van der Waals surface area contributed by atoms with Gasteiger partial charge in [0.15, 0.2) is 5.41 Å². The Morgan fingerprint density at radius 1 is 1.29 bits per heavy atom. The van der Waals surface area contributed by atoms with Crippen molar-refractivity contribution in [1.29, 1.82) is 10.5 Å². The summed E-state index contributed by atoms with van der Waals surface area (Å²) in [4.78, 5) is 13.1. The summed E-state index contributed by atoms with van der Waals surface area (Å²) in [5, 5.41) is 29.5. The highest BCUT2D eigenvalue weighted by Crippen LogP contribution is 2.47. The van der Waals surface area contributed by atoms with Gasteiger partial charge in [0.2, 0.25) is 0 Å². The van der Waals surface area contributed by atoms with Crippen LogP contribution in [0.25, 0.3) is 6.08 Å². The number of hydrogen-bond donors (Lipinski definition) is 1. The molecule has 1 N–H and O–H groups in total. The molecule has 0 aliphatic carbocycles. The first-order chi connectivity index (χ1) is 13.6. The summed E-state index contributed by atoms with van der Waals surface area (Å²) < 4.78 is 0. The molecule has 2 aliphatic rings. The van der Waals surface area contributed by atoms with Crippen molar-refractivity contribution in [2.24, 2.45) is 11.3 Å². The number of rotatable bonds is 5. The number of allylic oxidation sites excluding steroid dienone is 1. The van der Waals surface area contributed by atoms with Gasteiger partial charge in [0.05, 0.1) is 18.2 Å². The van der Waals surface area contributed by atoms with E-state index >= 15 is 0 Å². The van der Waals surface area contributed by atoms with Crippen molar-refractivity contribution >= 4 is 12.2 Å². The summed E-state index contributed by atoms with van der Waals surface area (Å²) in [5.41, 5.74) is 3.04. The summed E-state index contributed by atoms with van der Waals surface area (Å²) in [6, 6.07) is 13.5. The summed E-state index contributed by atoms with van der Waals surface area (Å²) in [6.45, 7) is 3.62. The number of hydrogen-bond acceptors (Lipinski definition) is 3. The number of carbonyl (C=O) groups is 1. The SMILES string of the molecule is C=C=CC1C(C(C#N)(C#N)C/C=C/c2ccccc2)=CC2CCC1N2C(=O)O. The molecular weight excluding hydrogens is 350 g/mol. The Morgan fingerprint density at radius 3 is 2.61 bits per heavy atom. The molecule has 3 atom stereocenters. The van der Waals surface area contributed by atoms with Crippen LogP contribution in [-0.2, 0) is 0 Å². The molecule has 0 spiro atoms. The van der Waals surface area contributed by atoms with Crippen molar-refractivity contribution in [3.8, 4) is 12.1 Å². The highest BCUT2D eigenvalue weighted by molar-refractivity contribution is 5.68. The fourth-order valence-corrected chi connectivity index (χ4v) is 4.24. The van der Waals surface area contributed by atoms with Gasteiger partial charge >= 0.3 is 6.09 Å². The van der Waals surface area contributed by atoms with Crippen molar-refractivity contribution in [1.82, 2.24) is 4.90 Å². The molecule has 5 nitrogen and oxygen atoms in total. The Balaban J connectivity index is 1.98. The fourth-order valence-electron chi connectivity index (χ4n) is 4.24. The van der Waals surface area contributed by atoms with E-state index in [0.29, 0.717) is 18.4 Å². The molecule has 0 radical (unpaired) electrons. The molecule has 2 bridgehead atoms. The topological polar surface area (TPSA) is 88.1 Å². The molecule has 3 unspecified atom stereocenters. The van der Waals surface area contributed by atoms with Crippen molar-refractivity contribution in [2.75, 3.05) is 0 Å². The van der Waals surface area contributed by atoms with Gasteiger partial charge in [-0.25, -0.2) is 4.79 Å². The highest BCUT2D eigenvalue weighted by atomic mass is 16.4. The number of carboxylic acid groups (broad SMARTS) is 1. The zero-order valence-electron chi connectivity index (χ0n) is 15.5. The number of fused-ring (bicyclic) bond motifs is 2. The first kappa shape index (κ1) is 19.2. The summed E-state index contributed by atoms with van der Waals surface area (Å²) in [7, 11) is 0. The molecule has 28 heavy (non-hydrogen) atoms. The second kappa shape index (κ2) is 8.01. The van der Waals surface area contributed by atoms with Crippen LogP contribution in [0.1, 0.15) is 24.8 Å². The van der Waals surface area contributed by atoms with E-state index in [9.17, 15) is 20.4 Å². The van der Waals surface area contributed by atoms with Crippen LogP contribution >= 0.6 is 0 Å². The lowest BCUT2D eigenvalue weighted by atomic mass is 9.70. The number of nitriles is 2. The number of nitrogens with zero attached hydrogens (tertiary/aromatic N) is 3. The van der Waals surface area contributed by atoms with E-state index in [2.05, 4.69) is 24.4 Å². The van der Waals surface area contributed by atoms with E-state index in [0.717, 1.165) is 5.56 Å². The first-order valence-electron chi connectivity index (χ1n) is 9.20. The summed E-state index contributed by atoms with van der Waals surface area (Å²) in [5.74, 6) is -0.378. The molecule has 5 heteroatoms. The molecule has 140 valence electrons. The van der Waals surface area contributed by atoms with Crippen molar-refractivity contribution in [2.45, 2.75) is 31.3 Å². The molecule has 1 aromatic carbocycles. The van der Waals surface area contributed by atoms with Gasteiger partial charge in [-0.05, 0) is 30.1 Å². The predicted octanol–water partition coefficient (Wildman–Crippen LogP) is 4.53. The van der Waals surface area contributed by atoms with E-state index in [1.54, 1.807) is 12.2 Å². The smallest absolute Gasteiger partial charge is 0.408 e. The lowest BCUT2D eigenvalue weighted by molar-refractivity contribution is 0.116. The van der Waals surface area contributed by atoms with Gasteiger partial charge in [-0.3, -0.25) is 4.90 Å². The second-order valence-corrected chi connectivity index (χ2v) is 7.07. The van der Waals surface area contributed by atoms with Crippen LogP contribution in [0.5, 0.6) is 0 Å². The Labute approximate surface area is 164 Å². The van der Waals surface area contributed by atoms with E-state index in [4.69, 9.17) is 0 Å². The van der Waals surface area contributed by atoms with E-state index in [1.807, 2.05) is 42.5 Å². The van der Waals surface area contributed by atoms with Gasteiger partial charge in [-0.15, -0.1) is 5.73 Å². The first-order valence-corrected chi connectivity index (χ1v) is 9.20. The molecule has 2 heterocycles. The second-order valence-electron chi connectivity index (χ2n) is 7.07. The minimum Gasteiger partial charge on any atom is -0.465 e. The van der Waals surface area contributed by atoms with E-state index in [1.165, 1.54) is 4.90 Å². The van der Waals surface area contributed by atoms with Crippen LogP contribution in [0.4, 0.5) is 4.79 Å². The quantitative estimate of drug-likeness (QED) is 0.608. The Kier molecular flexibility index (Phi) is 5.50. The molecular formula is C23H21N3O2. The van der Waals surface area contributed by atoms with Crippen molar-refractivity contribution in [3.63, 3.8) is 0 Å². The maximum absolute atomic E-state index is 11.7. The van der Waals surface area contributed by atoms with Gasteiger partial charge in [0, 0.05) is 18.4 Å². The third-order valence-corrected chi connectivity index (χ3v) is 5.55. The Morgan fingerprint density at radius 2 is 2.00 bits per heavy atom. The zero-order chi connectivity index (χ0) is 20.1. The lowest BCUT2D eigenvalue weighted by Crippen LogP contribution is -2.48. The number of amides is 1. The monoisotopic (exact) mass is 371 g/mol. The lowest BCUT2D eigenvalue weighted by Gasteiger charge is -2.39. The molecule has 1 saturated heterocycles. The Hall–Kier alpha value is -3.53. The van der Waals surface area contributed by atoms with E-state index < -0.39 is 11.5 Å². The largest absolute Gasteiger partial charge is 0.465 e. The van der Waals surface area contributed by atoms with E-state index in [-0.39, 0.29) is 24.4 Å². The van der Waals surface area contributed by atoms with Gasteiger partial charge in [0.1, 0.15) is 0 Å². The van der Waals surface area contributed by atoms with Gasteiger partial charge in [-0.1, -0.05) is 55.1 Å². The normalized spacial score (nSPS) is 23.4. The van der Waals surface area contributed by atoms with Crippen LogP contribution < -0.4 is 0 Å². The van der Waals surface area contributed by atoms with Crippen LogP contribution in [0.2, 0.25) is 0 Å². The standard InChI is InChI=1S/C23H21N3O2/c1-2-7-19-20(14-18-11-12-21(19)26(18)22(27)28)23(15-24,16-25)13-6-10-17-8-4-3-5-9-17/h3-10,14,18-19,21H,1,11-13H2,(H,27,28)/b10-6+. The van der Waals surface area contributed by atoms with Crippen LogP contribution in [0.3, 0.4) is 0 Å². The summed E-state index contributed by atoms with van der Waals surface area (Å²) in [6.07, 6.45) is 7.85. The highest BCUT2D eigenvalue weighted by Gasteiger charge is 2.50. The van der Waals surface area contributed by atoms with Crippen LogP contribution in [0, 0.1) is 34.0 Å². The average Bonchev–Trinajstić information content (AvgIpc) is 3.05. The molecule has 1 fully saturated rings. The summed E-state index contributed by atoms with van der Waals surface area (Å²) >= 11 is 0. The van der Waals surface area contributed by atoms with Crippen molar-refractivity contribution in [3.05, 3.63) is 72.0 Å². The minimum absolute atomic E-state index is 0.231. The van der Waals surface area contributed by atoms with Crippen LogP contribution in [0.15, 0.2) is 66.4 Å². The molecule has 0 saturated carbocycles. The third-order valence-electron chi connectivity index (χ3n) is 5.55. The molecule has 3 rings (SSSR count). The van der Waals surface area contributed by atoms with Crippen LogP contribution in [-0.4, -0.2) is 28.2 Å². The molecule has 1 aromatic rings. The number of benzene rings is 1. The van der Waals surface area contributed by atoms with Gasteiger partial charge in [-0.2, -0.15) is 10.5 Å². The zero-order valence-corrected chi connectivity index (χ0v) is 15.5. The average molecular weight is 371 g/mol. The Bertz CT molecular complexity index is 928. The predicted molar refractivity (Wildman–Crippen MR) is 106 cm³/mol. The maximum Gasteiger partial charge on any atom is 0.408 e. The third kappa shape index (κ3) is 3.37.